The maximum absolute atomic E-state index is 5.27. The van der Waals surface area contributed by atoms with E-state index in [1.54, 1.807) is 0 Å². The average Bonchev–Trinajstić information content (AvgIpc) is 3.67. The standard InChI is InChI=1S/C44H28N4/c1-3-13-29(14-4-1)43-45-38-20-10-7-19-36(38)44(46-43)48-40-22-12-8-17-33(40)35-25-23-31(28-42(35)48)30-24-26-41-37(27-30)34-18-9-11-21-39(34)47(41)32-15-5-2-6-16-32/h1-28H. The molecule has 0 amide bonds. The molecule has 0 bridgehead atoms. The summed E-state index contributed by atoms with van der Waals surface area (Å²) in [5.41, 5.74) is 10.0. The summed E-state index contributed by atoms with van der Waals surface area (Å²) < 4.78 is 4.69. The van der Waals surface area contributed by atoms with Gasteiger partial charge in [0.1, 0.15) is 5.82 Å². The Bertz CT molecular complexity index is 2830. The van der Waals surface area contributed by atoms with E-state index in [1.165, 1.54) is 38.1 Å². The van der Waals surface area contributed by atoms with Gasteiger partial charge in [0, 0.05) is 38.2 Å². The maximum atomic E-state index is 5.27. The highest BCUT2D eigenvalue weighted by molar-refractivity contribution is 6.13. The first kappa shape index (κ1) is 26.7. The molecule has 0 aliphatic heterocycles. The van der Waals surface area contributed by atoms with E-state index >= 15 is 0 Å². The van der Waals surface area contributed by atoms with Crippen molar-refractivity contribution in [1.29, 1.82) is 0 Å². The Labute approximate surface area is 276 Å². The van der Waals surface area contributed by atoms with Crippen molar-refractivity contribution in [3.8, 4) is 34.0 Å². The molecule has 48 heavy (non-hydrogen) atoms. The van der Waals surface area contributed by atoms with E-state index in [9.17, 15) is 0 Å². The lowest BCUT2D eigenvalue weighted by Gasteiger charge is -2.13. The van der Waals surface area contributed by atoms with Gasteiger partial charge in [-0.3, -0.25) is 4.57 Å². The van der Waals surface area contributed by atoms with Gasteiger partial charge in [0.25, 0.3) is 0 Å². The summed E-state index contributed by atoms with van der Waals surface area (Å²) in [5.74, 6) is 1.59. The lowest BCUT2D eigenvalue weighted by Crippen LogP contribution is -2.02. The van der Waals surface area contributed by atoms with Gasteiger partial charge in [-0.15, -0.1) is 0 Å². The van der Waals surface area contributed by atoms with Crippen molar-refractivity contribution in [1.82, 2.24) is 19.1 Å². The molecule has 0 unspecified atom stereocenters. The van der Waals surface area contributed by atoms with Crippen LogP contribution in [0, 0.1) is 0 Å². The van der Waals surface area contributed by atoms with Gasteiger partial charge in [0.2, 0.25) is 0 Å². The topological polar surface area (TPSA) is 35.6 Å². The average molecular weight is 613 g/mol. The van der Waals surface area contributed by atoms with Gasteiger partial charge in [-0.1, -0.05) is 115 Å². The lowest BCUT2D eigenvalue weighted by molar-refractivity contribution is 1.08. The van der Waals surface area contributed by atoms with Crippen LogP contribution in [0.2, 0.25) is 0 Å². The first-order valence-electron chi connectivity index (χ1n) is 16.3. The predicted molar refractivity (Wildman–Crippen MR) is 199 cm³/mol. The second-order valence-corrected chi connectivity index (χ2v) is 12.3. The highest BCUT2D eigenvalue weighted by Crippen LogP contribution is 2.39. The van der Waals surface area contributed by atoms with E-state index in [-0.39, 0.29) is 0 Å². The molecule has 4 nitrogen and oxygen atoms in total. The summed E-state index contributed by atoms with van der Waals surface area (Å²) in [5, 5.41) is 5.89. The monoisotopic (exact) mass is 612 g/mol. The van der Waals surface area contributed by atoms with Gasteiger partial charge in [0.15, 0.2) is 5.82 Å². The van der Waals surface area contributed by atoms with Gasteiger partial charge in [0.05, 0.1) is 27.6 Å². The summed E-state index contributed by atoms with van der Waals surface area (Å²) in [7, 11) is 0. The number of benzene rings is 7. The van der Waals surface area contributed by atoms with Gasteiger partial charge < -0.3 is 4.57 Å². The third-order valence-electron chi connectivity index (χ3n) is 9.52. The summed E-state index contributed by atoms with van der Waals surface area (Å²) in [6, 6.07) is 60.2. The molecule has 0 atom stereocenters. The number of nitrogens with zero attached hydrogens (tertiary/aromatic N) is 4. The normalized spacial score (nSPS) is 11.8. The number of rotatable bonds is 4. The SMILES string of the molecule is c1ccc(-c2nc(-n3c4ccccc4c4ccc(-c5ccc6c(c5)c5ccccc5n6-c5ccccc5)cc43)c3ccccc3n2)cc1. The van der Waals surface area contributed by atoms with Crippen LogP contribution < -0.4 is 0 Å². The second kappa shape index (κ2) is 10.5. The number of para-hydroxylation sites is 4. The number of fused-ring (bicyclic) bond motifs is 7. The van der Waals surface area contributed by atoms with E-state index in [2.05, 4.69) is 155 Å². The molecule has 0 fully saturated rings. The zero-order valence-corrected chi connectivity index (χ0v) is 26.0. The largest absolute Gasteiger partial charge is 0.309 e. The smallest absolute Gasteiger partial charge is 0.162 e. The van der Waals surface area contributed by atoms with Gasteiger partial charge in [-0.05, 0) is 65.7 Å². The van der Waals surface area contributed by atoms with Crippen LogP contribution in [-0.4, -0.2) is 19.1 Å². The van der Waals surface area contributed by atoms with Crippen LogP contribution in [0.1, 0.15) is 0 Å². The Morgan fingerprint density at radius 2 is 0.896 bits per heavy atom. The first-order valence-corrected chi connectivity index (χ1v) is 16.3. The fraction of sp³-hybridized carbons (Fsp3) is 0. The van der Waals surface area contributed by atoms with Crippen LogP contribution in [0.4, 0.5) is 0 Å². The molecule has 0 N–H and O–H groups in total. The van der Waals surface area contributed by atoms with Gasteiger partial charge in [-0.25, -0.2) is 9.97 Å². The summed E-state index contributed by atoms with van der Waals surface area (Å²) in [6.45, 7) is 0. The molecular formula is C44H28N4. The minimum Gasteiger partial charge on any atom is -0.309 e. The Morgan fingerprint density at radius 3 is 1.69 bits per heavy atom. The van der Waals surface area contributed by atoms with Crippen molar-refractivity contribution >= 4 is 54.5 Å². The molecule has 224 valence electrons. The van der Waals surface area contributed by atoms with Crippen LogP contribution in [0.5, 0.6) is 0 Å². The maximum Gasteiger partial charge on any atom is 0.162 e. The van der Waals surface area contributed by atoms with E-state index in [1.807, 2.05) is 24.3 Å². The van der Waals surface area contributed by atoms with E-state index < -0.39 is 0 Å². The highest BCUT2D eigenvalue weighted by atomic mass is 15.1. The minimum atomic E-state index is 0.714. The molecule has 0 spiro atoms. The Kier molecular flexibility index (Phi) is 5.84. The number of hydrogen-bond acceptors (Lipinski definition) is 2. The zero-order chi connectivity index (χ0) is 31.6. The minimum absolute atomic E-state index is 0.714. The van der Waals surface area contributed by atoms with Crippen molar-refractivity contribution in [3.63, 3.8) is 0 Å². The molecule has 7 aromatic carbocycles. The third kappa shape index (κ3) is 4.03. The molecular weight excluding hydrogens is 585 g/mol. The summed E-state index contributed by atoms with van der Waals surface area (Å²) in [6.07, 6.45) is 0. The van der Waals surface area contributed by atoms with Crippen molar-refractivity contribution < 1.29 is 0 Å². The Balaban J connectivity index is 1.23. The Hall–Kier alpha value is -6.52. The molecule has 10 rings (SSSR count). The number of aromatic nitrogens is 4. The quantitative estimate of drug-likeness (QED) is 0.198. The van der Waals surface area contributed by atoms with Crippen LogP contribution in [0.15, 0.2) is 170 Å². The van der Waals surface area contributed by atoms with Crippen LogP contribution >= 0.6 is 0 Å². The van der Waals surface area contributed by atoms with Gasteiger partial charge in [-0.2, -0.15) is 0 Å². The van der Waals surface area contributed by atoms with Gasteiger partial charge >= 0.3 is 0 Å². The second-order valence-electron chi connectivity index (χ2n) is 12.3. The van der Waals surface area contributed by atoms with Crippen LogP contribution in [0.25, 0.3) is 88.5 Å². The molecule has 3 aromatic heterocycles. The van der Waals surface area contributed by atoms with E-state index in [4.69, 9.17) is 9.97 Å². The molecule has 0 aliphatic carbocycles. The molecule has 4 heteroatoms. The Morgan fingerprint density at radius 1 is 0.333 bits per heavy atom. The highest BCUT2D eigenvalue weighted by Gasteiger charge is 2.19. The lowest BCUT2D eigenvalue weighted by atomic mass is 10.0. The zero-order valence-electron chi connectivity index (χ0n) is 26.0. The molecule has 0 aliphatic rings. The van der Waals surface area contributed by atoms with Crippen LogP contribution in [-0.2, 0) is 0 Å². The van der Waals surface area contributed by atoms with Crippen molar-refractivity contribution in [3.05, 3.63) is 170 Å². The third-order valence-corrected chi connectivity index (χ3v) is 9.52. The fourth-order valence-electron chi connectivity index (χ4n) is 7.33. The van der Waals surface area contributed by atoms with Crippen molar-refractivity contribution in [2.45, 2.75) is 0 Å². The molecule has 0 radical (unpaired) electrons. The van der Waals surface area contributed by atoms with Crippen molar-refractivity contribution in [2.75, 3.05) is 0 Å². The summed E-state index contributed by atoms with van der Waals surface area (Å²) in [4.78, 5) is 10.3. The molecule has 0 saturated heterocycles. The van der Waals surface area contributed by atoms with Crippen LogP contribution in [0.3, 0.4) is 0 Å². The molecule has 3 heterocycles. The molecule has 10 aromatic rings. The fourth-order valence-corrected chi connectivity index (χ4v) is 7.33. The first-order chi connectivity index (χ1) is 23.8. The van der Waals surface area contributed by atoms with Crippen molar-refractivity contribution in [2.24, 2.45) is 0 Å². The van der Waals surface area contributed by atoms with E-state index in [0.717, 1.165) is 44.6 Å². The molecule has 0 saturated carbocycles. The summed E-state index contributed by atoms with van der Waals surface area (Å²) >= 11 is 0. The predicted octanol–water partition coefficient (Wildman–Crippen LogP) is 11.2. The van der Waals surface area contributed by atoms with E-state index in [0.29, 0.717) is 5.82 Å². The number of hydrogen-bond donors (Lipinski definition) is 0.